The van der Waals surface area contributed by atoms with Gasteiger partial charge in [0.1, 0.15) is 11.9 Å². The normalized spacial score (nSPS) is 20.7. The van der Waals surface area contributed by atoms with Crippen molar-refractivity contribution in [2.75, 3.05) is 33.7 Å². The number of quaternary nitrogens is 1. The Hall–Kier alpha value is -1.74. The summed E-state index contributed by atoms with van der Waals surface area (Å²) in [6.45, 7) is 2.88. The lowest BCUT2D eigenvalue weighted by Gasteiger charge is -2.24. The molecule has 1 heterocycles. The Labute approximate surface area is 154 Å². The smallest absolute Gasteiger partial charge is 0.349 e. The van der Waals surface area contributed by atoms with Crippen LogP contribution in [0.1, 0.15) is 23.4 Å². The molecule has 0 unspecified atom stereocenters. The van der Waals surface area contributed by atoms with Crippen molar-refractivity contribution in [3.8, 4) is 0 Å². The van der Waals surface area contributed by atoms with Crippen LogP contribution in [0.25, 0.3) is 0 Å². The van der Waals surface area contributed by atoms with E-state index in [2.05, 4.69) is 5.32 Å². The van der Waals surface area contributed by atoms with Crippen LogP contribution >= 0.6 is 11.8 Å². The quantitative estimate of drug-likeness (QED) is 0.760. The van der Waals surface area contributed by atoms with Crippen molar-refractivity contribution in [1.82, 2.24) is 10.2 Å². The second-order valence-electron chi connectivity index (χ2n) is 6.52. The maximum absolute atomic E-state index is 12.7. The fraction of sp³-hybridized carbons (Fsp3) is 0.529. The number of likely N-dealkylation sites (N-methyl/N-ethyl adjacent to an activating group) is 1. The van der Waals surface area contributed by atoms with E-state index < -0.39 is 17.1 Å². The maximum atomic E-state index is 12.7. The van der Waals surface area contributed by atoms with Gasteiger partial charge in [-0.2, -0.15) is 13.2 Å². The highest BCUT2D eigenvalue weighted by molar-refractivity contribution is 8.01. The fourth-order valence-electron chi connectivity index (χ4n) is 2.59. The first-order valence-electron chi connectivity index (χ1n) is 8.28. The molecule has 0 bridgehead atoms. The van der Waals surface area contributed by atoms with Crippen molar-refractivity contribution in [3.05, 3.63) is 35.4 Å². The molecule has 0 radical (unpaired) electrons. The molecule has 1 aromatic carbocycles. The Balaban J connectivity index is 2.08. The number of alkyl halides is 3. The Morgan fingerprint density at radius 1 is 1.27 bits per heavy atom. The first kappa shape index (κ1) is 20.6. The van der Waals surface area contributed by atoms with E-state index in [1.165, 1.54) is 33.7 Å². The first-order chi connectivity index (χ1) is 12.1. The fourth-order valence-corrected chi connectivity index (χ4v) is 3.87. The Morgan fingerprint density at radius 2 is 1.88 bits per heavy atom. The number of hydrogen-bond acceptors (Lipinski definition) is 3. The summed E-state index contributed by atoms with van der Waals surface area (Å²) >= 11 is 1.33. The molecule has 9 heteroatoms. The van der Waals surface area contributed by atoms with E-state index in [9.17, 15) is 22.8 Å². The molecule has 1 aliphatic heterocycles. The molecular weight excluding hydrogens is 367 g/mol. The van der Waals surface area contributed by atoms with Crippen molar-refractivity contribution < 1.29 is 27.7 Å². The predicted molar refractivity (Wildman–Crippen MR) is 93.6 cm³/mol. The minimum atomic E-state index is -4.40. The third-order valence-corrected chi connectivity index (χ3v) is 5.43. The zero-order chi connectivity index (χ0) is 19.5. The Bertz CT molecular complexity index is 650. The standard InChI is InChI=1S/C17H22F3N3O2S/c1-11-15(25)23(10-14(24)21-8-9-22(2)3)16(26-11)12-4-6-13(7-5-12)17(18,19)20/h4-7,11,16H,8-10H2,1-3H3,(H,21,24)/p+1/t11-,16+/m0/s1. The van der Waals surface area contributed by atoms with Crippen LogP contribution in [0.15, 0.2) is 24.3 Å². The lowest BCUT2D eigenvalue weighted by Crippen LogP contribution is -3.06. The second kappa shape index (κ2) is 8.30. The monoisotopic (exact) mass is 390 g/mol. The molecule has 2 atom stereocenters. The molecule has 5 nitrogen and oxygen atoms in total. The second-order valence-corrected chi connectivity index (χ2v) is 7.95. The van der Waals surface area contributed by atoms with Gasteiger partial charge in [0, 0.05) is 0 Å². The van der Waals surface area contributed by atoms with Crippen LogP contribution in [0.2, 0.25) is 0 Å². The lowest BCUT2D eigenvalue weighted by molar-refractivity contribution is -0.856. The van der Waals surface area contributed by atoms with E-state index in [4.69, 9.17) is 0 Å². The summed E-state index contributed by atoms with van der Waals surface area (Å²) in [6, 6.07) is 4.74. The molecule has 2 rings (SSSR count). The Kier molecular flexibility index (Phi) is 6.57. The van der Waals surface area contributed by atoms with Crippen LogP contribution in [0.5, 0.6) is 0 Å². The van der Waals surface area contributed by atoms with Crippen LogP contribution in [-0.2, 0) is 15.8 Å². The molecule has 144 valence electrons. The number of hydrogen-bond donors (Lipinski definition) is 2. The highest BCUT2D eigenvalue weighted by Crippen LogP contribution is 2.43. The molecule has 0 spiro atoms. The van der Waals surface area contributed by atoms with E-state index in [1.54, 1.807) is 6.92 Å². The van der Waals surface area contributed by atoms with Crippen LogP contribution in [0, 0.1) is 0 Å². The average molecular weight is 390 g/mol. The molecule has 0 aliphatic carbocycles. The topological polar surface area (TPSA) is 53.9 Å². The van der Waals surface area contributed by atoms with Gasteiger partial charge in [0.2, 0.25) is 11.8 Å². The largest absolute Gasteiger partial charge is 0.416 e. The highest BCUT2D eigenvalue weighted by atomic mass is 32.2. The van der Waals surface area contributed by atoms with Gasteiger partial charge in [-0.15, -0.1) is 11.8 Å². The number of halogens is 3. The number of amides is 2. The number of carbonyl (C=O) groups is 2. The molecule has 1 aromatic rings. The van der Waals surface area contributed by atoms with E-state index >= 15 is 0 Å². The number of nitrogens with one attached hydrogen (secondary N) is 2. The molecular formula is C17H23F3N3O2S+. The van der Waals surface area contributed by atoms with E-state index in [-0.39, 0.29) is 23.6 Å². The zero-order valence-electron chi connectivity index (χ0n) is 14.9. The number of rotatable bonds is 6. The van der Waals surface area contributed by atoms with E-state index in [0.29, 0.717) is 12.1 Å². The maximum Gasteiger partial charge on any atom is 0.416 e. The number of benzene rings is 1. The minimum absolute atomic E-state index is 0.107. The van der Waals surface area contributed by atoms with Crippen molar-refractivity contribution >= 4 is 23.6 Å². The van der Waals surface area contributed by atoms with Gasteiger partial charge in [-0.05, 0) is 24.6 Å². The van der Waals surface area contributed by atoms with Crippen molar-refractivity contribution in [2.24, 2.45) is 0 Å². The molecule has 1 aliphatic rings. The van der Waals surface area contributed by atoms with Gasteiger partial charge < -0.3 is 15.1 Å². The molecule has 0 saturated carbocycles. The molecule has 1 fully saturated rings. The summed E-state index contributed by atoms with van der Waals surface area (Å²) in [4.78, 5) is 27.1. The SMILES string of the molecule is C[C@@H]1S[C@H](c2ccc(C(F)(F)F)cc2)N(CC(=O)NCC[NH+](C)C)C1=O. The summed E-state index contributed by atoms with van der Waals surface area (Å²) < 4.78 is 38.2. The van der Waals surface area contributed by atoms with Gasteiger partial charge in [0.15, 0.2) is 0 Å². The predicted octanol–water partition coefficient (Wildman–Crippen LogP) is 0.929. The average Bonchev–Trinajstić information content (AvgIpc) is 2.82. The third-order valence-electron chi connectivity index (χ3n) is 4.03. The van der Waals surface area contributed by atoms with Gasteiger partial charge in [0.25, 0.3) is 0 Å². The molecule has 0 aromatic heterocycles. The third kappa shape index (κ3) is 5.14. The number of carbonyl (C=O) groups excluding carboxylic acids is 2. The molecule has 2 amide bonds. The molecule has 26 heavy (non-hydrogen) atoms. The van der Waals surface area contributed by atoms with Gasteiger partial charge in [-0.25, -0.2) is 0 Å². The van der Waals surface area contributed by atoms with Crippen molar-refractivity contribution in [2.45, 2.75) is 23.7 Å². The van der Waals surface area contributed by atoms with E-state index in [1.807, 2.05) is 14.1 Å². The van der Waals surface area contributed by atoms with Crippen molar-refractivity contribution in [3.63, 3.8) is 0 Å². The van der Waals surface area contributed by atoms with Gasteiger partial charge in [-0.1, -0.05) is 12.1 Å². The number of nitrogens with zero attached hydrogens (tertiary/aromatic N) is 1. The molecule has 1 saturated heterocycles. The van der Waals surface area contributed by atoms with Crippen LogP contribution in [-0.4, -0.2) is 55.7 Å². The first-order valence-corrected chi connectivity index (χ1v) is 9.22. The summed E-state index contributed by atoms with van der Waals surface area (Å²) in [5, 5.41) is 1.95. The summed E-state index contributed by atoms with van der Waals surface area (Å²) in [6.07, 6.45) is -4.40. The van der Waals surface area contributed by atoms with Gasteiger partial charge >= 0.3 is 6.18 Å². The van der Waals surface area contributed by atoms with Gasteiger partial charge in [-0.3, -0.25) is 9.59 Å². The lowest BCUT2D eigenvalue weighted by atomic mass is 10.1. The molecule has 2 N–H and O–H groups in total. The van der Waals surface area contributed by atoms with Gasteiger partial charge in [0.05, 0.1) is 38.0 Å². The highest BCUT2D eigenvalue weighted by Gasteiger charge is 2.39. The minimum Gasteiger partial charge on any atom is -0.349 e. The van der Waals surface area contributed by atoms with E-state index in [0.717, 1.165) is 18.7 Å². The Morgan fingerprint density at radius 3 is 2.42 bits per heavy atom. The summed E-state index contributed by atoms with van der Waals surface area (Å²) in [7, 11) is 3.93. The summed E-state index contributed by atoms with van der Waals surface area (Å²) in [5.74, 6) is -0.459. The van der Waals surface area contributed by atoms with Crippen LogP contribution in [0.4, 0.5) is 13.2 Å². The van der Waals surface area contributed by atoms with Crippen molar-refractivity contribution in [1.29, 1.82) is 0 Å². The van der Waals surface area contributed by atoms with Crippen LogP contribution in [0.3, 0.4) is 0 Å². The zero-order valence-corrected chi connectivity index (χ0v) is 15.7. The summed E-state index contributed by atoms with van der Waals surface area (Å²) in [5.41, 5.74) is -0.162. The number of thioether (sulfide) groups is 1. The van der Waals surface area contributed by atoms with Crippen LogP contribution < -0.4 is 10.2 Å².